The molecule has 2 aliphatic carbocycles. The minimum absolute atomic E-state index is 0.0968. The molecule has 2 saturated carbocycles. The quantitative estimate of drug-likeness (QED) is 0.219. The summed E-state index contributed by atoms with van der Waals surface area (Å²) in [5.41, 5.74) is 9.85. The van der Waals surface area contributed by atoms with Crippen LogP contribution in [0.5, 0.6) is 5.75 Å². The number of anilines is 3. The molecule has 9 heteroatoms. The molecule has 9 nitrogen and oxygen atoms in total. The van der Waals surface area contributed by atoms with Crippen molar-refractivity contribution in [1.82, 2.24) is 15.3 Å². The van der Waals surface area contributed by atoms with Gasteiger partial charge >= 0.3 is 6.09 Å². The van der Waals surface area contributed by atoms with Crippen molar-refractivity contribution >= 4 is 34.4 Å². The third kappa shape index (κ3) is 8.50. The second-order valence-electron chi connectivity index (χ2n) is 13.4. The number of nitrogens with one attached hydrogen (secondary N) is 3. The summed E-state index contributed by atoms with van der Waals surface area (Å²) in [6, 6.07) is 12.9. The molecule has 43 heavy (non-hydrogen) atoms. The molecule has 5 rings (SSSR count). The first-order valence-electron chi connectivity index (χ1n) is 15.8. The number of fused-ring (bicyclic) bond motifs is 1. The van der Waals surface area contributed by atoms with Crippen LogP contribution in [0.2, 0.25) is 0 Å². The van der Waals surface area contributed by atoms with Crippen molar-refractivity contribution < 1.29 is 14.3 Å². The van der Waals surface area contributed by atoms with Crippen molar-refractivity contribution in [3.8, 4) is 5.75 Å². The summed E-state index contributed by atoms with van der Waals surface area (Å²) in [4.78, 5) is 22.2. The number of aromatic nitrogens is 2. The van der Waals surface area contributed by atoms with Gasteiger partial charge in [-0.1, -0.05) is 12.1 Å². The molecule has 232 valence electrons. The maximum atomic E-state index is 12.3. The predicted octanol–water partition coefficient (Wildman–Crippen LogP) is 7.13. The fourth-order valence-corrected chi connectivity index (χ4v) is 5.99. The van der Waals surface area contributed by atoms with Gasteiger partial charge in [0.1, 0.15) is 17.2 Å². The molecule has 1 amide bonds. The van der Waals surface area contributed by atoms with Crippen LogP contribution in [0.15, 0.2) is 36.4 Å². The van der Waals surface area contributed by atoms with Crippen molar-refractivity contribution in [2.45, 2.75) is 110 Å². The molecule has 0 saturated heterocycles. The highest BCUT2D eigenvalue weighted by Crippen LogP contribution is 2.35. The lowest BCUT2D eigenvalue weighted by Gasteiger charge is -2.31. The standard InChI is InChI=1S/C34H48N6O3/c1-21-9-14-27(19-22(21)2)37-32-39-28-7-6-8-29(42-20-23-10-12-24(35)13-11-23)30(28)31(40-32)36-25-15-17-26(18-16-25)38-33(41)43-34(3,4)5/h6-9,14,19,23-26H,10-13,15-18,20,35H2,1-5H3,(H,38,41)(H2,36,37,39,40). The number of ether oxygens (including phenoxy) is 2. The maximum absolute atomic E-state index is 12.3. The average Bonchev–Trinajstić information content (AvgIpc) is 2.94. The van der Waals surface area contributed by atoms with E-state index >= 15 is 0 Å². The molecule has 1 aromatic heterocycles. The summed E-state index contributed by atoms with van der Waals surface area (Å²) in [6.45, 7) is 10.5. The van der Waals surface area contributed by atoms with Gasteiger partial charge in [-0.2, -0.15) is 4.98 Å². The second kappa shape index (κ2) is 13.4. The summed E-state index contributed by atoms with van der Waals surface area (Å²) < 4.78 is 11.9. The van der Waals surface area contributed by atoms with Crippen LogP contribution in [0.25, 0.3) is 10.9 Å². The topological polar surface area (TPSA) is 123 Å². The lowest BCUT2D eigenvalue weighted by molar-refractivity contribution is 0.0492. The molecule has 0 unspecified atom stereocenters. The highest BCUT2D eigenvalue weighted by Gasteiger charge is 2.26. The number of hydrogen-bond acceptors (Lipinski definition) is 8. The Kier molecular flexibility index (Phi) is 9.59. The molecule has 0 spiro atoms. The van der Waals surface area contributed by atoms with Gasteiger partial charge in [0.25, 0.3) is 0 Å². The zero-order valence-corrected chi connectivity index (χ0v) is 26.3. The molecule has 2 fully saturated rings. The molecule has 0 bridgehead atoms. The number of rotatable bonds is 8. The molecule has 5 N–H and O–H groups in total. The maximum Gasteiger partial charge on any atom is 0.407 e. The van der Waals surface area contributed by atoms with Crippen LogP contribution in [0.4, 0.5) is 22.2 Å². The molecule has 0 aliphatic heterocycles. The van der Waals surface area contributed by atoms with Crippen LogP contribution >= 0.6 is 0 Å². The van der Waals surface area contributed by atoms with Gasteiger partial charge in [-0.3, -0.25) is 0 Å². The van der Waals surface area contributed by atoms with Crippen molar-refractivity contribution in [1.29, 1.82) is 0 Å². The summed E-state index contributed by atoms with van der Waals surface area (Å²) in [5.74, 6) is 2.61. The van der Waals surface area contributed by atoms with Gasteiger partial charge in [-0.25, -0.2) is 9.78 Å². The SMILES string of the molecule is Cc1ccc(Nc2nc(NC3CCC(NC(=O)OC(C)(C)C)CC3)c3c(OCC4CCC(N)CC4)cccc3n2)cc1C. The summed E-state index contributed by atoms with van der Waals surface area (Å²) in [5, 5.41) is 11.1. The zero-order chi connectivity index (χ0) is 30.6. The molecule has 2 aromatic carbocycles. The minimum atomic E-state index is -0.510. The number of aryl methyl sites for hydroxylation is 2. The van der Waals surface area contributed by atoms with Crippen LogP contribution in [-0.2, 0) is 4.74 Å². The van der Waals surface area contributed by atoms with Gasteiger partial charge in [0.15, 0.2) is 0 Å². The number of nitrogens with two attached hydrogens (primary N) is 1. The Morgan fingerprint density at radius 1 is 0.930 bits per heavy atom. The fraction of sp³-hybridized carbons (Fsp3) is 0.559. The summed E-state index contributed by atoms with van der Waals surface area (Å²) in [6.07, 6.45) is 7.47. The molecule has 1 heterocycles. The van der Waals surface area contributed by atoms with Gasteiger partial charge in [0.2, 0.25) is 5.95 Å². The van der Waals surface area contributed by atoms with Crippen LogP contribution in [-0.4, -0.2) is 46.4 Å². The van der Waals surface area contributed by atoms with Crippen LogP contribution in [0, 0.1) is 19.8 Å². The van der Waals surface area contributed by atoms with E-state index in [1.54, 1.807) is 0 Å². The van der Waals surface area contributed by atoms with Crippen LogP contribution in [0.3, 0.4) is 0 Å². The Bertz CT molecular complexity index is 1410. The Morgan fingerprint density at radius 2 is 1.65 bits per heavy atom. The smallest absolute Gasteiger partial charge is 0.407 e. The number of hydrogen-bond donors (Lipinski definition) is 4. The number of nitrogens with zero attached hydrogens (tertiary/aromatic N) is 2. The number of alkyl carbamates (subject to hydrolysis) is 1. The second-order valence-corrected chi connectivity index (χ2v) is 13.4. The van der Waals surface area contributed by atoms with Gasteiger partial charge in [-0.05, 0) is 127 Å². The van der Waals surface area contributed by atoms with E-state index in [1.165, 1.54) is 11.1 Å². The van der Waals surface area contributed by atoms with E-state index < -0.39 is 5.60 Å². The Morgan fingerprint density at radius 3 is 2.35 bits per heavy atom. The third-order valence-corrected chi connectivity index (χ3v) is 8.60. The van der Waals surface area contributed by atoms with Gasteiger partial charge in [-0.15, -0.1) is 0 Å². The first kappa shape index (κ1) is 30.9. The van der Waals surface area contributed by atoms with Gasteiger partial charge < -0.3 is 31.2 Å². The van der Waals surface area contributed by atoms with Crippen molar-refractivity contribution in [3.63, 3.8) is 0 Å². The highest BCUT2D eigenvalue weighted by atomic mass is 16.6. The van der Waals surface area contributed by atoms with E-state index in [0.717, 1.165) is 79.5 Å². The summed E-state index contributed by atoms with van der Waals surface area (Å²) in [7, 11) is 0. The molecule has 3 aromatic rings. The first-order valence-corrected chi connectivity index (χ1v) is 15.8. The number of amides is 1. The molecular weight excluding hydrogens is 540 g/mol. The van der Waals surface area contributed by atoms with Crippen molar-refractivity contribution in [2.75, 3.05) is 17.2 Å². The van der Waals surface area contributed by atoms with Crippen molar-refractivity contribution in [3.05, 3.63) is 47.5 Å². The van der Waals surface area contributed by atoms with E-state index in [1.807, 2.05) is 39.0 Å². The molecule has 0 radical (unpaired) electrons. The lowest BCUT2D eigenvalue weighted by atomic mass is 9.87. The monoisotopic (exact) mass is 588 g/mol. The van der Waals surface area contributed by atoms with Gasteiger partial charge in [0.05, 0.1) is 17.5 Å². The molecule has 0 atom stereocenters. The Labute approximate surface area is 255 Å². The Hall–Kier alpha value is -3.59. The lowest BCUT2D eigenvalue weighted by Crippen LogP contribution is -2.42. The molecular formula is C34H48N6O3. The largest absolute Gasteiger partial charge is 0.492 e. The van der Waals surface area contributed by atoms with E-state index in [0.29, 0.717) is 24.5 Å². The number of carbonyl (C=O) groups excluding carboxylic acids is 1. The van der Waals surface area contributed by atoms with E-state index in [9.17, 15) is 4.79 Å². The van der Waals surface area contributed by atoms with E-state index in [2.05, 4.69) is 48.0 Å². The Balaban J connectivity index is 1.35. The molecule has 2 aliphatic rings. The highest BCUT2D eigenvalue weighted by molar-refractivity contribution is 5.95. The fourth-order valence-electron chi connectivity index (χ4n) is 5.99. The van der Waals surface area contributed by atoms with Gasteiger partial charge in [0, 0.05) is 23.8 Å². The summed E-state index contributed by atoms with van der Waals surface area (Å²) >= 11 is 0. The minimum Gasteiger partial charge on any atom is -0.492 e. The third-order valence-electron chi connectivity index (χ3n) is 8.60. The average molecular weight is 589 g/mol. The zero-order valence-electron chi connectivity index (χ0n) is 26.3. The van der Waals surface area contributed by atoms with Crippen LogP contribution < -0.4 is 26.4 Å². The first-order chi connectivity index (χ1) is 20.5. The number of benzene rings is 2. The van der Waals surface area contributed by atoms with Crippen molar-refractivity contribution in [2.24, 2.45) is 11.7 Å². The van der Waals surface area contributed by atoms with E-state index in [4.69, 9.17) is 25.2 Å². The number of carbonyl (C=O) groups is 1. The van der Waals surface area contributed by atoms with Crippen LogP contribution in [0.1, 0.15) is 83.3 Å². The normalized spacial score (nSPS) is 22.6. The van der Waals surface area contributed by atoms with E-state index in [-0.39, 0.29) is 18.2 Å². The predicted molar refractivity (Wildman–Crippen MR) is 173 cm³/mol.